The Hall–Kier alpha value is -0.240. The van der Waals surface area contributed by atoms with Gasteiger partial charge in [-0.2, -0.15) is 0 Å². The average Bonchev–Trinajstić information content (AvgIpc) is 3.02. The third-order valence-electron chi connectivity index (χ3n) is 5.66. The second kappa shape index (κ2) is 5.13. The van der Waals surface area contributed by atoms with Crippen LogP contribution in [0.4, 0.5) is 0 Å². The SMILES string of the molecule is CC[C@@]12COC(O1)C(N1CCN(C)CC1)[C@H]1OC(C)(C)O[C@H]12. The van der Waals surface area contributed by atoms with Gasteiger partial charge in [-0.1, -0.05) is 6.92 Å². The van der Waals surface area contributed by atoms with Gasteiger partial charge in [0.15, 0.2) is 12.1 Å². The minimum atomic E-state index is -0.545. The number of piperazine rings is 1. The summed E-state index contributed by atoms with van der Waals surface area (Å²) in [6.07, 6.45) is 0.678. The maximum absolute atomic E-state index is 6.35. The molecule has 4 heterocycles. The lowest BCUT2D eigenvalue weighted by Crippen LogP contribution is -2.66. The average molecular weight is 312 g/mol. The molecule has 6 nitrogen and oxygen atoms in total. The van der Waals surface area contributed by atoms with E-state index in [1.54, 1.807) is 0 Å². The summed E-state index contributed by atoms with van der Waals surface area (Å²) in [5, 5.41) is 0. The van der Waals surface area contributed by atoms with E-state index in [9.17, 15) is 0 Å². The minimum absolute atomic E-state index is 0.0274. The van der Waals surface area contributed by atoms with Gasteiger partial charge in [0, 0.05) is 26.2 Å². The normalized spacial score (nSPS) is 48.5. The molecular formula is C16H28N2O4. The van der Waals surface area contributed by atoms with Crippen molar-refractivity contribution < 1.29 is 18.9 Å². The van der Waals surface area contributed by atoms with Crippen LogP contribution in [-0.4, -0.2) is 85.6 Å². The zero-order valence-corrected chi connectivity index (χ0v) is 14.1. The molecule has 0 spiro atoms. The van der Waals surface area contributed by atoms with E-state index in [0.717, 1.165) is 32.6 Å². The van der Waals surface area contributed by atoms with Crippen molar-refractivity contribution in [2.75, 3.05) is 39.8 Å². The summed E-state index contributed by atoms with van der Waals surface area (Å²) in [4.78, 5) is 4.83. The lowest BCUT2D eigenvalue weighted by Gasteiger charge is -2.47. The summed E-state index contributed by atoms with van der Waals surface area (Å²) in [5.41, 5.74) is -0.341. The molecule has 4 fully saturated rings. The van der Waals surface area contributed by atoms with Crippen LogP contribution in [0.5, 0.6) is 0 Å². The van der Waals surface area contributed by atoms with Crippen molar-refractivity contribution in [3.8, 4) is 0 Å². The Morgan fingerprint density at radius 2 is 1.77 bits per heavy atom. The standard InChI is InChI=1S/C16H28N2O4/c1-5-16-10-19-14(22-16)11(18-8-6-17(4)7-9-18)12-13(16)21-15(2,3)20-12/h11-14H,5-10H2,1-4H3/t11?,12-,13-,14?,16+/m1/s1. The van der Waals surface area contributed by atoms with Crippen molar-refractivity contribution >= 4 is 0 Å². The van der Waals surface area contributed by atoms with Crippen molar-refractivity contribution in [3.05, 3.63) is 0 Å². The molecule has 0 aromatic heterocycles. The number of likely N-dealkylation sites (N-methyl/N-ethyl adjacent to an activating group) is 1. The zero-order chi connectivity index (χ0) is 15.5. The Kier molecular flexibility index (Phi) is 3.57. The van der Waals surface area contributed by atoms with E-state index in [2.05, 4.69) is 23.8 Å². The maximum Gasteiger partial charge on any atom is 0.176 e. The fourth-order valence-electron chi connectivity index (χ4n) is 4.33. The molecule has 2 unspecified atom stereocenters. The number of hydrogen-bond acceptors (Lipinski definition) is 6. The minimum Gasteiger partial charge on any atom is -0.348 e. The molecule has 0 aromatic rings. The van der Waals surface area contributed by atoms with Gasteiger partial charge in [0.25, 0.3) is 0 Å². The Bertz CT molecular complexity index is 436. The first kappa shape index (κ1) is 15.3. The summed E-state index contributed by atoms with van der Waals surface area (Å²) in [5.74, 6) is -0.545. The fourth-order valence-corrected chi connectivity index (χ4v) is 4.33. The Labute approximate surface area is 132 Å². The molecule has 0 aromatic carbocycles. The second-order valence-corrected chi connectivity index (χ2v) is 7.57. The van der Waals surface area contributed by atoms with Crippen LogP contribution in [0.1, 0.15) is 27.2 Å². The van der Waals surface area contributed by atoms with Gasteiger partial charge in [0.2, 0.25) is 0 Å². The van der Waals surface area contributed by atoms with Crippen LogP contribution in [0.25, 0.3) is 0 Å². The summed E-state index contributed by atoms with van der Waals surface area (Å²) in [6.45, 7) is 11.0. The van der Waals surface area contributed by atoms with Crippen LogP contribution in [0.3, 0.4) is 0 Å². The second-order valence-electron chi connectivity index (χ2n) is 7.57. The van der Waals surface area contributed by atoms with Crippen LogP contribution in [0, 0.1) is 0 Å². The largest absolute Gasteiger partial charge is 0.348 e. The fraction of sp³-hybridized carbons (Fsp3) is 1.00. The summed E-state index contributed by atoms with van der Waals surface area (Å²) < 4.78 is 25.0. The van der Waals surface area contributed by atoms with Gasteiger partial charge in [0.1, 0.15) is 17.8 Å². The highest BCUT2D eigenvalue weighted by Gasteiger charge is 2.65. The molecule has 0 N–H and O–H groups in total. The van der Waals surface area contributed by atoms with Crippen LogP contribution < -0.4 is 0 Å². The van der Waals surface area contributed by atoms with Gasteiger partial charge in [-0.25, -0.2) is 0 Å². The topological polar surface area (TPSA) is 43.4 Å². The first-order chi connectivity index (χ1) is 10.4. The highest BCUT2D eigenvalue weighted by molar-refractivity contribution is 5.10. The van der Waals surface area contributed by atoms with E-state index >= 15 is 0 Å². The molecule has 0 amide bonds. The predicted octanol–water partition coefficient (Wildman–Crippen LogP) is 0.658. The highest BCUT2D eigenvalue weighted by Crippen LogP contribution is 2.48. The molecule has 4 rings (SSSR count). The number of fused-ring (bicyclic) bond motifs is 4. The van der Waals surface area contributed by atoms with Gasteiger partial charge in [0.05, 0.1) is 12.6 Å². The third-order valence-corrected chi connectivity index (χ3v) is 5.66. The molecule has 0 aliphatic carbocycles. The lowest BCUT2D eigenvalue weighted by atomic mass is 9.85. The molecule has 126 valence electrons. The molecule has 5 atom stereocenters. The third kappa shape index (κ3) is 2.24. The van der Waals surface area contributed by atoms with Crippen molar-refractivity contribution in [3.63, 3.8) is 0 Å². The van der Waals surface area contributed by atoms with Gasteiger partial charge < -0.3 is 23.8 Å². The molecule has 22 heavy (non-hydrogen) atoms. The number of hydrogen-bond donors (Lipinski definition) is 0. The molecule has 4 aliphatic rings. The summed E-state index contributed by atoms with van der Waals surface area (Å²) in [6, 6.07) is 0.127. The molecule has 4 aliphatic heterocycles. The van der Waals surface area contributed by atoms with Gasteiger partial charge in [-0.05, 0) is 27.3 Å². The molecular weight excluding hydrogens is 284 g/mol. The van der Waals surface area contributed by atoms with E-state index in [-0.39, 0.29) is 30.1 Å². The zero-order valence-electron chi connectivity index (χ0n) is 14.1. The monoisotopic (exact) mass is 312 g/mol. The molecule has 0 radical (unpaired) electrons. The van der Waals surface area contributed by atoms with Crippen molar-refractivity contribution in [1.82, 2.24) is 9.80 Å². The number of ether oxygens (including phenoxy) is 4. The Morgan fingerprint density at radius 3 is 2.45 bits per heavy atom. The summed E-state index contributed by atoms with van der Waals surface area (Å²) in [7, 11) is 2.17. The van der Waals surface area contributed by atoms with Crippen LogP contribution >= 0.6 is 0 Å². The predicted molar refractivity (Wildman–Crippen MR) is 80.5 cm³/mol. The van der Waals surface area contributed by atoms with Crippen LogP contribution in [-0.2, 0) is 18.9 Å². The lowest BCUT2D eigenvalue weighted by molar-refractivity contribution is -0.218. The van der Waals surface area contributed by atoms with Crippen molar-refractivity contribution in [2.24, 2.45) is 0 Å². The number of rotatable bonds is 2. The van der Waals surface area contributed by atoms with Gasteiger partial charge >= 0.3 is 0 Å². The summed E-state index contributed by atoms with van der Waals surface area (Å²) >= 11 is 0. The Balaban J connectivity index is 1.62. The van der Waals surface area contributed by atoms with Gasteiger partial charge in [-0.15, -0.1) is 0 Å². The van der Waals surface area contributed by atoms with E-state index in [4.69, 9.17) is 18.9 Å². The van der Waals surface area contributed by atoms with Crippen molar-refractivity contribution in [1.29, 1.82) is 0 Å². The molecule has 4 saturated heterocycles. The first-order valence-corrected chi connectivity index (χ1v) is 8.52. The quantitative estimate of drug-likeness (QED) is 0.746. The van der Waals surface area contributed by atoms with E-state index < -0.39 is 5.79 Å². The van der Waals surface area contributed by atoms with E-state index in [1.807, 2.05) is 13.8 Å². The highest BCUT2D eigenvalue weighted by atomic mass is 16.8. The molecule has 2 bridgehead atoms. The Morgan fingerprint density at radius 1 is 1.05 bits per heavy atom. The maximum atomic E-state index is 6.35. The van der Waals surface area contributed by atoms with E-state index in [1.165, 1.54) is 0 Å². The van der Waals surface area contributed by atoms with Crippen LogP contribution in [0.2, 0.25) is 0 Å². The van der Waals surface area contributed by atoms with Crippen LogP contribution in [0.15, 0.2) is 0 Å². The molecule has 0 saturated carbocycles. The van der Waals surface area contributed by atoms with Gasteiger partial charge in [-0.3, -0.25) is 4.90 Å². The smallest absolute Gasteiger partial charge is 0.176 e. The van der Waals surface area contributed by atoms with E-state index in [0.29, 0.717) is 6.61 Å². The van der Waals surface area contributed by atoms with Crippen molar-refractivity contribution in [2.45, 2.75) is 63.1 Å². The first-order valence-electron chi connectivity index (χ1n) is 8.52. The molecule has 6 heteroatoms. The number of nitrogens with zero attached hydrogens (tertiary/aromatic N) is 2.